The quantitative estimate of drug-likeness (QED) is 0.402. The molecular formula is C11H18N6O3. The highest BCUT2D eigenvalue weighted by molar-refractivity contribution is 5.60. The first-order valence-corrected chi connectivity index (χ1v) is 6.45. The summed E-state index contributed by atoms with van der Waals surface area (Å²) in [5.74, 6) is 5.64. The minimum absolute atomic E-state index is 0.0363. The number of nitro groups is 1. The topological polar surface area (TPSA) is 130 Å². The second-order valence-corrected chi connectivity index (χ2v) is 4.88. The van der Waals surface area contributed by atoms with Gasteiger partial charge in [0.15, 0.2) is 0 Å². The first-order valence-electron chi connectivity index (χ1n) is 6.45. The Kier molecular flexibility index (Phi) is 4.30. The molecule has 20 heavy (non-hydrogen) atoms. The van der Waals surface area contributed by atoms with Gasteiger partial charge in [0.25, 0.3) is 0 Å². The van der Waals surface area contributed by atoms with Crippen LogP contribution in [-0.2, 0) is 0 Å². The van der Waals surface area contributed by atoms with E-state index in [2.05, 4.69) is 15.4 Å². The maximum Gasteiger partial charge on any atom is 0.329 e. The molecule has 2 rings (SSSR count). The van der Waals surface area contributed by atoms with Gasteiger partial charge < -0.3 is 10.0 Å². The van der Waals surface area contributed by atoms with Crippen molar-refractivity contribution < 1.29 is 10.0 Å². The zero-order valence-corrected chi connectivity index (χ0v) is 11.2. The van der Waals surface area contributed by atoms with Crippen molar-refractivity contribution in [3.05, 3.63) is 16.3 Å². The van der Waals surface area contributed by atoms with E-state index in [1.54, 1.807) is 6.92 Å². The predicted octanol–water partition coefficient (Wildman–Crippen LogP) is 0.410. The Balaban J connectivity index is 2.36. The molecule has 0 saturated carbocycles. The molecule has 0 spiro atoms. The van der Waals surface area contributed by atoms with E-state index in [1.807, 2.05) is 4.90 Å². The molecule has 9 heteroatoms. The zero-order valence-electron chi connectivity index (χ0n) is 11.2. The number of nitrogen functional groups attached to an aromatic ring is 1. The van der Waals surface area contributed by atoms with Crippen LogP contribution in [0.4, 0.5) is 17.5 Å². The van der Waals surface area contributed by atoms with Gasteiger partial charge in [0.05, 0.1) is 11.0 Å². The number of aromatic nitrogens is 2. The third-order valence-corrected chi connectivity index (χ3v) is 3.34. The van der Waals surface area contributed by atoms with Crippen LogP contribution in [0.3, 0.4) is 0 Å². The standard InChI is InChI=1S/C11H18N6O3/c1-7(18)5-8-3-2-4-16(8)10-9(17(19)20)6-13-11(14-10)15-12/h6-8,18H,2-5,12H2,1H3,(H,13,14,15). The van der Waals surface area contributed by atoms with Gasteiger partial charge in [-0.15, -0.1) is 0 Å². The molecule has 1 aliphatic rings. The number of anilines is 2. The number of hydrogen-bond donors (Lipinski definition) is 3. The molecule has 4 N–H and O–H groups in total. The molecule has 9 nitrogen and oxygen atoms in total. The van der Waals surface area contributed by atoms with E-state index < -0.39 is 11.0 Å². The van der Waals surface area contributed by atoms with E-state index in [9.17, 15) is 15.2 Å². The molecule has 1 aromatic heterocycles. The van der Waals surface area contributed by atoms with Crippen molar-refractivity contribution in [3.63, 3.8) is 0 Å². The van der Waals surface area contributed by atoms with E-state index in [-0.39, 0.29) is 23.5 Å². The summed E-state index contributed by atoms with van der Waals surface area (Å²) in [6.07, 6.45) is 3.01. The summed E-state index contributed by atoms with van der Waals surface area (Å²) in [5.41, 5.74) is 2.14. The molecule has 0 amide bonds. The Morgan fingerprint density at radius 3 is 3.10 bits per heavy atom. The summed E-state index contributed by atoms with van der Waals surface area (Å²) in [7, 11) is 0. The van der Waals surface area contributed by atoms with Gasteiger partial charge in [-0.25, -0.2) is 10.8 Å². The highest BCUT2D eigenvalue weighted by Crippen LogP contribution is 2.33. The number of hydrazine groups is 1. The number of nitrogens with zero attached hydrogens (tertiary/aromatic N) is 4. The van der Waals surface area contributed by atoms with E-state index in [0.717, 1.165) is 19.0 Å². The molecule has 2 unspecified atom stereocenters. The number of aliphatic hydroxyl groups is 1. The maximum atomic E-state index is 11.1. The van der Waals surface area contributed by atoms with Crippen LogP contribution in [0.2, 0.25) is 0 Å². The smallest absolute Gasteiger partial charge is 0.329 e. The average Bonchev–Trinajstić information content (AvgIpc) is 2.85. The first kappa shape index (κ1) is 14.4. The van der Waals surface area contributed by atoms with Crippen molar-refractivity contribution in [2.45, 2.75) is 38.3 Å². The number of hydrogen-bond acceptors (Lipinski definition) is 8. The van der Waals surface area contributed by atoms with Crippen molar-refractivity contribution >= 4 is 17.5 Å². The van der Waals surface area contributed by atoms with Gasteiger partial charge in [-0.1, -0.05) is 0 Å². The fourth-order valence-corrected chi connectivity index (χ4v) is 2.53. The SMILES string of the molecule is CC(O)CC1CCCN1c1nc(NN)ncc1[N+](=O)[O-]. The van der Waals surface area contributed by atoms with Gasteiger partial charge in [-0.05, 0) is 26.2 Å². The molecule has 1 aromatic rings. The van der Waals surface area contributed by atoms with Crippen molar-refractivity contribution in [1.82, 2.24) is 9.97 Å². The summed E-state index contributed by atoms with van der Waals surface area (Å²) >= 11 is 0. The maximum absolute atomic E-state index is 11.1. The van der Waals surface area contributed by atoms with Gasteiger partial charge in [-0.2, -0.15) is 4.98 Å². The Morgan fingerprint density at radius 2 is 2.50 bits per heavy atom. The van der Waals surface area contributed by atoms with Crippen LogP contribution in [0.25, 0.3) is 0 Å². The molecule has 110 valence electrons. The van der Waals surface area contributed by atoms with Crippen LogP contribution in [0.1, 0.15) is 26.2 Å². The van der Waals surface area contributed by atoms with Crippen molar-refractivity contribution in [2.24, 2.45) is 5.84 Å². The highest BCUT2D eigenvalue weighted by atomic mass is 16.6. The fourth-order valence-electron chi connectivity index (χ4n) is 2.53. The van der Waals surface area contributed by atoms with Crippen molar-refractivity contribution in [1.29, 1.82) is 0 Å². The fraction of sp³-hybridized carbons (Fsp3) is 0.636. The molecular weight excluding hydrogens is 264 g/mol. The number of nitrogens with two attached hydrogens (primary N) is 1. The summed E-state index contributed by atoms with van der Waals surface area (Å²) in [4.78, 5) is 20.3. The van der Waals surface area contributed by atoms with Crippen molar-refractivity contribution in [2.75, 3.05) is 16.9 Å². The lowest BCUT2D eigenvalue weighted by atomic mass is 10.1. The van der Waals surface area contributed by atoms with Crippen LogP contribution in [0.5, 0.6) is 0 Å². The number of rotatable bonds is 5. The molecule has 0 bridgehead atoms. The van der Waals surface area contributed by atoms with E-state index in [0.29, 0.717) is 13.0 Å². The predicted molar refractivity (Wildman–Crippen MR) is 73.2 cm³/mol. The van der Waals surface area contributed by atoms with Crippen LogP contribution >= 0.6 is 0 Å². The van der Waals surface area contributed by atoms with Gasteiger partial charge in [-0.3, -0.25) is 15.5 Å². The first-order chi connectivity index (χ1) is 9.52. The van der Waals surface area contributed by atoms with Gasteiger partial charge in [0, 0.05) is 12.6 Å². The highest BCUT2D eigenvalue weighted by Gasteiger charge is 2.32. The van der Waals surface area contributed by atoms with Crippen LogP contribution in [0.15, 0.2) is 6.20 Å². The van der Waals surface area contributed by atoms with Crippen molar-refractivity contribution in [3.8, 4) is 0 Å². The Bertz CT molecular complexity index is 495. The molecule has 2 atom stereocenters. The minimum atomic E-state index is -0.507. The monoisotopic (exact) mass is 282 g/mol. The van der Waals surface area contributed by atoms with Gasteiger partial charge in [0.1, 0.15) is 6.20 Å². The second kappa shape index (κ2) is 5.97. The lowest BCUT2D eigenvalue weighted by molar-refractivity contribution is -0.384. The normalized spacial score (nSPS) is 19.9. The Labute approximate surface area is 115 Å². The number of aliphatic hydroxyl groups excluding tert-OH is 1. The second-order valence-electron chi connectivity index (χ2n) is 4.88. The lowest BCUT2D eigenvalue weighted by Crippen LogP contribution is -2.33. The van der Waals surface area contributed by atoms with Crippen LogP contribution in [-0.4, -0.2) is 38.7 Å². The molecule has 2 heterocycles. The summed E-state index contributed by atoms with van der Waals surface area (Å²) in [6.45, 7) is 2.37. The molecule has 1 aliphatic heterocycles. The van der Waals surface area contributed by atoms with Crippen LogP contribution < -0.4 is 16.2 Å². The summed E-state index contributed by atoms with van der Waals surface area (Å²) in [6, 6.07) is 0.0363. The Morgan fingerprint density at radius 1 is 1.75 bits per heavy atom. The summed E-state index contributed by atoms with van der Waals surface area (Å²) in [5, 5.41) is 20.6. The molecule has 0 aromatic carbocycles. The average molecular weight is 282 g/mol. The summed E-state index contributed by atoms with van der Waals surface area (Å²) < 4.78 is 0. The van der Waals surface area contributed by atoms with E-state index >= 15 is 0 Å². The molecule has 1 saturated heterocycles. The number of nitrogens with one attached hydrogen (secondary N) is 1. The van der Waals surface area contributed by atoms with Gasteiger partial charge >= 0.3 is 5.69 Å². The third-order valence-electron chi connectivity index (χ3n) is 3.34. The van der Waals surface area contributed by atoms with E-state index in [1.165, 1.54) is 0 Å². The van der Waals surface area contributed by atoms with E-state index in [4.69, 9.17) is 5.84 Å². The van der Waals surface area contributed by atoms with Crippen LogP contribution in [0, 0.1) is 10.1 Å². The zero-order chi connectivity index (χ0) is 14.7. The largest absolute Gasteiger partial charge is 0.393 e. The molecule has 0 radical (unpaired) electrons. The van der Waals surface area contributed by atoms with Gasteiger partial charge in [0.2, 0.25) is 11.8 Å². The molecule has 1 fully saturated rings. The molecule has 0 aliphatic carbocycles. The lowest BCUT2D eigenvalue weighted by Gasteiger charge is -2.26. The third kappa shape index (κ3) is 2.94. The Hall–Kier alpha value is -2.00. The minimum Gasteiger partial charge on any atom is -0.393 e.